The first-order chi connectivity index (χ1) is 13.5. The third-order valence-electron chi connectivity index (χ3n) is 4.69. The number of benzene rings is 3. The van der Waals surface area contributed by atoms with Gasteiger partial charge in [0.2, 0.25) is 5.91 Å². The number of carbonyl (C=O) groups excluding carboxylic acids is 2. The van der Waals surface area contributed by atoms with Gasteiger partial charge in [0.15, 0.2) is 0 Å². The number of rotatable bonds is 2. The van der Waals surface area contributed by atoms with Crippen molar-refractivity contribution in [3.8, 4) is 0 Å². The molecule has 6 heteroatoms. The molecule has 1 aliphatic heterocycles. The van der Waals surface area contributed by atoms with Crippen molar-refractivity contribution in [2.75, 3.05) is 11.9 Å². The van der Waals surface area contributed by atoms with Crippen LogP contribution in [0.15, 0.2) is 72.8 Å². The van der Waals surface area contributed by atoms with Crippen molar-refractivity contribution in [3.05, 3.63) is 99.5 Å². The van der Waals surface area contributed by atoms with Crippen LogP contribution < -0.4 is 5.32 Å². The molecule has 0 spiro atoms. The van der Waals surface area contributed by atoms with Crippen LogP contribution in [0.25, 0.3) is 0 Å². The highest BCUT2D eigenvalue weighted by Gasteiger charge is 2.34. The smallest absolute Gasteiger partial charge is 0.256 e. The first kappa shape index (κ1) is 18.5. The maximum absolute atomic E-state index is 13.4. The Morgan fingerprint density at radius 3 is 2.43 bits per heavy atom. The molecule has 0 fully saturated rings. The number of amides is 2. The fraction of sp³-hybridized carbons (Fsp3) is 0.0909. The molecular formula is C22H16Cl2N2O2. The quantitative estimate of drug-likeness (QED) is 0.632. The van der Waals surface area contributed by atoms with E-state index in [0.717, 1.165) is 11.1 Å². The minimum atomic E-state index is -0.488. The van der Waals surface area contributed by atoms with Gasteiger partial charge in [-0.15, -0.1) is 0 Å². The van der Waals surface area contributed by atoms with Crippen molar-refractivity contribution in [3.63, 3.8) is 0 Å². The van der Waals surface area contributed by atoms with Gasteiger partial charge in [-0.25, -0.2) is 0 Å². The lowest BCUT2D eigenvalue weighted by Gasteiger charge is -2.31. The van der Waals surface area contributed by atoms with Crippen LogP contribution in [0.5, 0.6) is 0 Å². The number of nitrogens with zero attached hydrogens (tertiary/aromatic N) is 1. The average molecular weight is 411 g/mol. The van der Waals surface area contributed by atoms with E-state index in [0.29, 0.717) is 21.3 Å². The first-order valence-electron chi connectivity index (χ1n) is 8.74. The first-order valence-corrected chi connectivity index (χ1v) is 9.50. The molecule has 3 aromatic carbocycles. The molecule has 0 saturated carbocycles. The zero-order valence-electron chi connectivity index (χ0n) is 14.7. The number of hydrogen-bond acceptors (Lipinski definition) is 2. The van der Waals surface area contributed by atoms with Crippen molar-refractivity contribution in [1.29, 1.82) is 0 Å². The Bertz CT molecular complexity index is 1050. The zero-order chi connectivity index (χ0) is 19.7. The Morgan fingerprint density at radius 1 is 0.964 bits per heavy atom. The van der Waals surface area contributed by atoms with E-state index in [1.165, 1.54) is 4.90 Å². The summed E-state index contributed by atoms with van der Waals surface area (Å²) in [7, 11) is 0. The largest absolute Gasteiger partial charge is 0.324 e. The topological polar surface area (TPSA) is 49.4 Å². The Kier molecular flexibility index (Phi) is 5.07. The molecule has 2 amide bonds. The second-order valence-electron chi connectivity index (χ2n) is 6.51. The van der Waals surface area contributed by atoms with Gasteiger partial charge >= 0.3 is 0 Å². The molecule has 1 N–H and O–H groups in total. The van der Waals surface area contributed by atoms with Crippen molar-refractivity contribution < 1.29 is 9.59 Å². The molecule has 28 heavy (non-hydrogen) atoms. The van der Waals surface area contributed by atoms with Crippen LogP contribution in [0.4, 0.5) is 5.69 Å². The number of carbonyl (C=O) groups is 2. The van der Waals surface area contributed by atoms with Crippen LogP contribution in [0.1, 0.15) is 27.5 Å². The summed E-state index contributed by atoms with van der Waals surface area (Å²) in [4.78, 5) is 27.5. The summed E-state index contributed by atoms with van der Waals surface area (Å²) in [6.45, 7) is -0.101. The normalized spacial score (nSPS) is 16.1. The Labute approximate surface area is 172 Å². The lowest BCUT2D eigenvalue weighted by Crippen LogP contribution is -2.39. The molecule has 4 nitrogen and oxygen atoms in total. The zero-order valence-corrected chi connectivity index (χ0v) is 16.2. The van der Waals surface area contributed by atoms with E-state index in [9.17, 15) is 9.59 Å². The van der Waals surface area contributed by atoms with Gasteiger partial charge in [-0.05, 0) is 35.9 Å². The predicted octanol–water partition coefficient (Wildman–Crippen LogP) is 5.18. The highest BCUT2D eigenvalue weighted by molar-refractivity contribution is 6.34. The predicted molar refractivity (Wildman–Crippen MR) is 111 cm³/mol. The van der Waals surface area contributed by atoms with E-state index < -0.39 is 6.04 Å². The molecule has 0 aliphatic carbocycles. The molecule has 0 aromatic heterocycles. The highest BCUT2D eigenvalue weighted by Crippen LogP contribution is 2.38. The van der Waals surface area contributed by atoms with E-state index >= 15 is 0 Å². The fourth-order valence-electron chi connectivity index (χ4n) is 3.45. The average Bonchev–Trinajstić information content (AvgIpc) is 2.84. The van der Waals surface area contributed by atoms with Gasteiger partial charge in [-0.3, -0.25) is 9.59 Å². The van der Waals surface area contributed by atoms with Crippen LogP contribution in [-0.4, -0.2) is 23.3 Å². The lowest BCUT2D eigenvalue weighted by atomic mass is 9.95. The van der Waals surface area contributed by atoms with Crippen LogP contribution in [0, 0.1) is 0 Å². The van der Waals surface area contributed by atoms with Crippen molar-refractivity contribution in [2.24, 2.45) is 0 Å². The number of anilines is 1. The van der Waals surface area contributed by atoms with Gasteiger partial charge in [-0.2, -0.15) is 0 Å². The molecule has 0 saturated heterocycles. The lowest BCUT2D eigenvalue weighted by molar-refractivity contribution is -0.117. The van der Waals surface area contributed by atoms with E-state index in [1.807, 2.05) is 30.3 Å². The van der Waals surface area contributed by atoms with Crippen LogP contribution in [0.2, 0.25) is 10.0 Å². The summed E-state index contributed by atoms with van der Waals surface area (Å²) in [5, 5.41) is 3.75. The van der Waals surface area contributed by atoms with Gasteiger partial charge in [0, 0.05) is 16.3 Å². The molecule has 140 valence electrons. The standard InChI is InChI=1S/C22H16Cl2N2O2/c23-15-10-11-19-17(12-15)21(14-6-2-1-3-7-14)26(13-20(27)25-19)22(28)16-8-4-5-9-18(16)24/h1-12,21H,13H2,(H,25,27). The number of halogens is 2. The van der Waals surface area contributed by atoms with Gasteiger partial charge in [-0.1, -0.05) is 65.7 Å². The second kappa shape index (κ2) is 7.66. The number of hydrogen-bond donors (Lipinski definition) is 1. The summed E-state index contributed by atoms with van der Waals surface area (Å²) in [6.07, 6.45) is 0. The second-order valence-corrected chi connectivity index (χ2v) is 7.35. The molecule has 3 aromatic rings. The Balaban J connectivity index is 1.91. The fourth-order valence-corrected chi connectivity index (χ4v) is 3.85. The minimum absolute atomic E-state index is 0.101. The van der Waals surface area contributed by atoms with Crippen molar-refractivity contribution in [1.82, 2.24) is 4.90 Å². The summed E-state index contributed by atoms with van der Waals surface area (Å²) in [5.41, 5.74) is 2.62. The molecular weight excluding hydrogens is 395 g/mol. The van der Waals surface area contributed by atoms with Crippen LogP contribution in [0.3, 0.4) is 0 Å². The summed E-state index contributed by atoms with van der Waals surface area (Å²) >= 11 is 12.5. The summed E-state index contributed by atoms with van der Waals surface area (Å²) in [6, 6.07) is 21.2. The van der Waals surface area contributed by atoms with Crippen LogP contribution >= 0.6 is 23.2 Å². The maximum atomic E-state index is 13.4. The van der Waals surface area contributed by atoms with Crippen molar-refractivity contribution >= 4 is 40.7 Å². The number of nitrogens with one attached hydrogen (secondary N) is 1. The summed E-state index contributed by atoms with van der Waals surface area (Å²) in [5.74, 6) is -0.593. The third kappa shape index (κ3) is 3.49. The molecule has 1 unspecified atom stereocenters. The molecule has 4 rings (SSSR count). The number of fused-ring (bicyclic) bond motifs is 1. The van der Waals surface area contributed by atoms with E-state index in [-0.39, 0.29) is 18.4 Å². The molecule has 0 bridgehead atoms. The molecule has 1 aliphatic rings. The maximum Gasteiger partial charge on any atom is 0.256 e. The van der Waals surface area contributed by atoms with E-state index in [1.54, 1.807) is 42.5 Å². The summed E-state index contributed by atoms with van der Waals surface area (Å²) < 4.78 is 0. The van der Waals surface area contributed by atoms with Crippen LogP contribution in [-0.2, 0) is 4.79 Å². The van der Waals surface area contributed by atoms with Gasteiger partial charge in [0.05, 0.1) is 16.6 Å². The SMILES string of the molecule is O=C1CN(C(=O)c2ccccc2Cl)C(c2ccccc2)c2cc(Cl)ccc2N1. The Morgan fingerprint density at radius 2 is 1.68 bits per heavy atom. The van der Waals surface area contributed by atoms with Gasteiger partial charge in [0.1, 0.15) is 6.54 Å². The van der Waals surface area contributed by atoms with E-state index in [2.05, 4.69) is 5.32 Å². The highest BCUT2D eigenvalue weighted by atomic mass is 35.5. The molecule has 1 atom stereocenters. The minimum Gasteiger partial charge on any atom is -0.324 e. The molecule has 0 radical (unpaired) electrons. The van der Waals surface area contributed by atoms with Gasteiger partial charge < -0.3 is 10.2 Å². The van der Waals surface area contributed by atoms with Gasteiger partial charge in [0.25, 0.3) is 5.91 Å². The monoisotopic (exact) mass is 410 g/mol. The third-order valence-corrected chi connectivity index (χ3v) is 5.25. The van der Waals surface area contributed by atoms with Crippen molar-refractivity contribution in [2.45, 2.75) is 6.04 Å². The Hall–Kier alpha value is -2.82. The molecule has 1 heterocycles. The van der Waals surface area contributed by atoms with E-state index in [4.69, 9.17) is 23.2 Å².